The van der Waals surface area contributed by atoms with E-state index in [-0.39, 0.29) is 20.7 Å². The Bertz CT molecular complexity index is 1680. The number of ether oxygens (including phenoxy) is 1. The fourth-order valence-corrected chi connectivity index (χ4v) is 5.16. The lowest BCUT2D eigenvalue weighted by Crippen LogP contribution is -2.44. The molecule has 2 heterocycles. The Balaban J connectivity index is 1.52. The van der Waals surface area contributed by atoms with Gasteiger partial charge in [-0.1, -0.05) is 47.7 Å². The summed E-state index contributed by atoms with van der Waals surface area (Å²) in [6, 6.07) is 20.8. The summed E-state index contributed by atoms with van der Waals surface area (Å²) in [4.78, 5) is 37.4. The lowest BCUT2D eigenvalue weighted by Gasteiger charge is -2.15. The van der Waals surface area contributed by atoms with Crippen LogP contribution in [0.4, 0.5) is 5.69 Å². The molecule has 40 heavy (non-hydrogen) atoms. The largest absolute Gasteiger partial charge is 0.490 e. The molecule has 1 aliphatic heterocycles. The molecule has 1 saturated heterocycles. The van der Waals surface area contributed by atoms with Crippen molar-refractivity contribution in [1.29, 1.82) is 0 Å². The van der Waals surface area contributed by atoms with Gasteiger partial charge in [0.1, 0.15) is 5.69 Å². The molecule has 0 radical (unpaired) electrons. The molecule has 12 heteroatoms. The van der Waals surface area contributed by atoms with Gasteiger partial charge in [-0.3, -0.25) is 25.1 Å². The number of aromatic nitrogens is 2. The highest BCUT2D eigenvalue weighted by molar-refractivity contribution is 8.26. The van der Waals surface area contributed by atoms with Crippen LogP contribution in [0.25, 0.3) is 23.0 Å². The predicted molar refractivity (Wildman–Crippen MR) is 156 cm³/mol. The van der Waals surface area contributed by atoms with Gasteiger partial charge in [-0.05, 0) is 61.6 Å². The number of aryl methyl sites for hydroxylation is 1. The van der Waals surface area contributed by atoms with Crippen molar-refractivity contribution in [2.24, 2.45) is 0 Å². The minimum absolute atomic E-state index is 0.114. The van der Waals surface area contributed by atoms with Crippen LogP contribution in [0, 0.1) is 17.0 Å². The number of nitrogens with zero attached hydrogens (tertiary/aromatic N) is 4. The molecule has 0 aliphatic carbocycles. The molecule has 4 aromatic rings. The maximum absolute atomic E-state index is 13.3. The zero-order valence-electron chi connectivity index (χ0n) is 21.2. The molecule has 200 valence electrons. The van der Waals surface area contributed by atoms with E-state index in [1.807, 2.05) is 37.3 Å². The van der Waals surface area contributed by atoms with Crippen LogP contribution in [0.15, 0.2) is 83.9 Å². The summed E-state index contributed by atoms with van der Waals surface area (Å²) in [5.41, 5.74) is 5.88. The molecule has 1 aliphatic rings. The average molecular weight is 572 g/mol. The number of hydrogen-bond donors (Lipinski definition) is 1. The SMILES string of the molecule is COc1ccc(-c2nn(-c3ccccc3)cc2/C=C2/SC(=S)N(NC(=O)c3ccc(C)cc3)C2=O)cc1[N+](=O)[O-]. The molecule has 0 spiro atoms. The summed E-state index contributed by atoms with van der Waals surface area (Å²) >= 11 is 6.41. The number of rotatable bonds is 7. The quantitative estimate of drug-likeness (QED) is 0.137. The second-order valence-electron chi connectivity index (χ2n) is 8.68. The molecular weight excluding hydrogens is 550 g/mol. The van der Waals surface area contributed by atoms with Crippen molar-refractivity contribution >= 4 is 51.9 Å². The second kappa shape index (κ2) is 11.1. The number of amides is 2. The van der Waals surface area contributed by atoms with Crippen molar-refractivity contribution in [3.05, 3.63) is 111 Å². The number of nitrogens with one attached hydrogen (secondary N) is 1. The number of para-hydroxylation sites is 1. The van der Waals surface area contributed by atoms with E-state index in [1.165, 1.54) is 19.2 Å². The number of methoxy groups -OCH3 is 1. The summed E-state index contributed by atoms with van der Waals surface area (Å²) in [6.45, 7) is 1.91. The first-order valence-electron chi connectivity index (χ1n) is 11.9. The number of hydrogen-bond acceptors (Lipinski definition) is 8. The summed E-state index contributed by atoms with van der Waals surface area (Å²) in [5, 5.41) is 17.4. The minimum atomic E-state index is -0.530. The molecule has 2 amide bonds. The number of benzene rings is 3. The Labute approximate surface area is 238 Å². The second-order valence-corrected chi connectivity index (χ2v) is 10.4. The first-order valence-corrected chi connectivity index (χ1v) is 13.1. The van der Waals surface area contributed by atoms with E-state index in [2.05, 4.69) is 10.5 Å². The van der Waals surface area contributed by atoms with Crippen LogP contribution in [0.5, 0.6) is 5.75 Å². The maximum Gasteiger partial charge on any atom is 0.311 e. The topological polar surface area (TPSA) is 120 Å². The number of carbonyl (C=O) groups excluding carboxylic acids is 2. The maximum atomic E-state index is 13.3. The number of hydrazine groups is 1. The van der Waals surface area contributed by atoms with Crippen LogP contribution in [-0.2, 0) is 4.79 Å². The molecule has 5 rings (SSSR count). The van der Waals surface area contributed by atoms with Crippen molar-refractivity contribution < 1.29 is 19.2 Å². The Kier molecular flexibility index (Phi) is 7.45. The number of nitro benzene ring substituents is 1. The predicted octanol–water partition coefficient (Wildman–Crippen LogP) is 5.31. The van der Waals surface area contributed by atoms with Crippen molar-refractivity contribution in [2.45, 2.75) is 6.92 Å². The smallest absolute Gasteiger partial charge is 0.311 e. The lowest BCUT2D eigenvalue weighted by atomic mass is 10.1. The van der Waals surface area contributed by atoms with E-state index in [1.54, 1.807) is 47.3 Å². The fraction of sp³-hybridized carbons (Fsp3) is 0.0714. The number of thioether (sulfide) groups is 1. The van der Waals surface area contributed by atoms with Gasteiger partial charge >= 0.3 is 5.69 Å². The first-order chi connectivity index (χ1) is 19.2. The molecule has 1 aromatic heterocycles. The van der Waals surface area contributed by atoms with Crippen LogP contribution in [0.1, 0.15) is 21.5 Å². The van der Waals surface area contributed by atoms with Gasteiger partial charge in [0, 0.05) is 29.0 Å². The highest BCUT2D eigenvalue weighted by atomic mass is 32.2. The third kappa shape index (κ3) is 5.35. The van der Waals surface area contributed by atoms with Crippen LogP contribution < -0.4 is 10.2 Å². The summed E-state index contributed by atoms with van der Waals surface area (Å²) < 4.78 is 6.92. The molecular formula is C28H21N5O5S2. The Morgan fingerprint density at radius 2 is 1.85 bits per heavy atom. The third-order valence-corrected chi connectivity index (χ3v) is 7.32. The van der Waals surface area contributed by atoms with E-state index < -0.39 is 16.7 Å². The lowest BCUT2D eigenvalue weighted by molar-refractivity contribution is -0.385. The van der Waals surface area contributed by atoms with Crippen molar-refractivity contribution in [2.75, 3.05) is 7.11 Å². The first kappa shape index (κ1) is 26.8. The van der Waals surface area contributed by atoms with Gasteiger partial charge in [-0.15, -0.1) is 0 Å². The zero-order chi connectivity index (χ0) is 28.4. The highest BCUT2D eigenvalue weighted by Crippen LogP contribution is 2.36. The Morgan fingerprint density at radius 3 is 2.52 bits per heavy atom. The molecule has 1 N–H and O–H groups in total. The van der Waals surface area contributed by atoms with Gasteiger partial charge < -0.3 is 4.74 Å². The van der Waals surface area contributed by atoms with Gasteiger partial charge in [-0.2, -0.15) is 10.1 Å². The highest BCUT2D eigenvalue weighted by Gasteiger charge is 2.34. The van der Waals surface area contributed by atoms with Gasteiger partial charge in [-0.25, -0.2) is 4.68 Å². The zero-order valence-corrected chi connectivity index (χ0v) is 22.9. The van der Waals surface area contributed by atoms with Gasteiger partial charge in [0.2, 0.25) is 0 Å². The van der Waals surface area contributed by atoms with Crippen molar-refractivity contribution in [3.8, 4) is 22.7 Å². The summed E-state index contributed by atoms with van der Waals surface area (Å²) in [6.07, 6.45) is 3.33. The Hall–Kier alpha value is -4.81. The van der Waals surface area contributed by atoms with E-state index in [9.17, 15) is 19.7 Å². The van der Waals surface area contributed by atoms with Crippen LogP contribution in [0.3, 0.4) is 0 Å². The van der Waals surface area contributed by atoms with E-state index in [0.29, 0.717) is 22.4 Å². The van der Waals surface area contributed by atoms with Crippen LogP contribution in [0.2, 0.25) is 0 Å². The standard InChI is InChI=1S/C28H21N5O5S2/c1-17-8-10-18(11-9-17)26(34)30-32-27(35)24(40-28(32)39)15-20-16-31(21-6-4-3-5-7-21)29-25(20)19-12-13-23(38-2)22(14-19)33(36)37/h3-16H,1-2H3,(H,30,34)/b24-15+. The summed E-state index contributed by atoms with van der Waals surface area (Å²) in [5.74, 6) is -0.863. The number of thiocarbonyl (C=S) groups is 1. The van der Waals surface area contributed by atoms with E-state index in [4.69, 9.17) is 17.0 Å². The molecule has 3 aromatic carbocycles. The molecule has 0 saturated carbocycles. The molecule has 10 nitrogen and oxygen atoms in total. The minimum Gasteiger partial charge on any atom is -0.490 e. The van der Waals surface area contributed by atoms with Crippen molar-refractivity contribution in [3.63, 3.8) is 0 Å². The Morgan fingerprint density at radius 1 is 1.12 bits per heavy atom. The normalized spacial score (nSPS) is 14.1. The molecule has 0 unspecified atom stereocenters. The van der Waals surface area contributed by atoms with Crippen LogP contribution in [-0.4, -0.2) is 43.0 Å². The summed E-state index contributed by atoms with van der Waals surface area (Å²) in [7, 11) is 1.36. The monoisotopic (exact) mass is 571 g/mol. The average Bonchev–Trinajstić information content (AvgIpc) is 3.49. The van der Waals surface area contributed by atoms with E-state index in [0.717, 1.165) is 28.0 Å². The van der Waals surface area contributed by atoms with Crippen molar-refractivity contribution in [1.82, 2.24) is 20.2 Å². The molecule has 0 atom stereocenters. The van der Waals surface area contributed by atoms with Gasteiger partial charge in [0.05, 0.1) is 22.6 Å². The number of nitro groups is 1. The fourth-order valence-electron chi connectivity index (χ4n) is 3.99. The molecule has 1 fully saturated rings. The third-order valence-electron chi connectivity index (χ3n) is 6.02. The van der Waals surface area contributed by atoms with Gasteiger partial charge in [0.15, 0.2) is 10.1 Å². The van der Waals surface area contributed by atoms with Crippen LogP contribution >= 0.6 is 24.0 Å². The van der Waals surface area contributed by atoms with E-state index >= 15 is 0 Å². The molecule has 0 bridgehead atoms. The van der Waals surface area contributed by atoms with Gasteiger partial charge in [0.25, 0.3) is 11.8 Å². The number of carbonyl (C=O) groups is 2.